The van der Waals surface area contributed by atoms with Crippen molar-refractivity contribution in [2.24, 2.45) is 5.92 Å². The molecule has 0 saturated carbocycles. The fourth-order valence-corrected chi connectivity index (χ4v) is 2.84. The molecule has 0 radical (unpaired) electrons. The number of ether oxygens (including phenoxy) is 2. The molecule has 0 aromatic heterocycles. The van der Waals surface area contributed by atoms with Gasteiger partial charge in [0.2, 0.25) is 0 Å². The first-order valence-corrected chi connectivity index (χ1v) is 7.29. The lowest BCUT2D eigenvalue weighted by Crippen LogP contribution is -2.26. The third-order valence-corrected chi connectivity index (χ3v) is 4.09. The van der Waals surface area contributed by atoms with Crippen LogP contribution in [0.25, 0.3) is 0 Å². The molecule has 0 spiro atoms. The third-order valence-electron chi connectivity index (χ3n) is 4.09. The summed E-state index contributed by atoms with van der Waals surface area (Å²) in [6.45, 7) is 9.25. The molecule has 0 aromatic rings. The summed E-state index contributed by atoms with van der Waals surface area (Å²) in [5, 5.41) is 0. The molecule has 2 rings (SSSR count). The van der Waals surface area contributed by atoms with Crippen LogP contribution in [0.2, 0.25) is 0 Å². The number of fused-ring (bicyclic) bond motifs is 1. The predicted octanol–water partition coefficient (Wildman–Crippen LogP) is 3.09. The lowest BCUT2D eigenvalue weighted by Gasteiger charge is -2.24. The molecule has 1 aliphatic carbocycles. The van der Waals surface area contributed by atoms with Crippen molar-refractivity contribution in [3.63, 3.8) is 0 Å². The zero-order valence-electron chi connectivity index (χ0n) is 12.8. The monoisotopic (exact) mass is 290 g/mol. The minimum atomic E-state index is -0.350. The van der Waals surface area contributed by atoms with Gasteiger partial charge in [0.25, 0.3) is 0 Å². The molecule has 3 atom stereocenters. The number of carbonyl (C=O) groups is 2. The number of esters is 2. The van der Waals surface area contributed by atoms with E-state index < -0.39 is 0 Å². The van der Waals surface area contributed by atoms with Crippen molar-refractivity contribution < 1.29 is 19.1 Å². The zero-order chi connectivity index (χ0) is 15.6. The summed E-state index contributed by atoms with van der Waals surface area (Å²) in [4.78, 5) is 23.1. The van der Waals surface area contributed by atoms with E-state index in [1.165, 1.54) is 12.5 Å². The van der Waals surface area contributed by atoms with E-state index in [9.17, 15) is 9.59 Å². The Morgan fingerprint density at radius 2 is 2.14 bits per heavy atom. The van der Waals surface area contributed by atoms with Crippen LogP contribution in [0.1, 0.15) is 40.0 Å². The van der Waals surface area contributed by atoms with E-state index in [1.54, 1.807) is 0 Å². The number of rotatable bonds is 1. The molecule has 0 bridgehead atoms. The lowest BCUT2D eigenvalue weighted by molar-refractivity contribution is -0.145. The fraction of sp³-hybridized carbons (Fsp3) is 0.529. The quantitative estimate of drug-likeness (QED) is 0.423. The van der Waals surface area contributed by atoms with Crippen molar-refractivity contribution in [2.45, 2.75) is 52.2 Å². The maximum atomic E-state index is 11.8. The van der Waals surface area contributed by atoms with Gasteiger partial charge in [0.15, 0.2) is 0 Å². The number of hydrogen-bond donors (Lipinski definition) is 0. The van der Waals surface area contributed by atoms with Gasteiger partial charge in [-0.05, 0) is 44.8 Å². The molecule has 114 valence electrons. The van der Waals surface area contributed by atoms with Crippen LogP contribution in [-0.4, -0.2) is 24.1 Å². The first-order chi connectivity index (χ1) is 9.88. The van der Waals surface area contributed by atoms with E-state index in [2.05, 4.69) is 12.7 Å². The molecule has 2 aliphatic rings. The van der Waals surface area contributed by atoms with Gasteiger partial charge in [-0.3, -0.25) is 4.79 Å². The van der Waals surface area contributed by atoms with Crippen LogP contribution in [0.5, 0.6) is 0 Å². The van der Waals surface area contributed by atoms with Gasteiger partial charge in [-0.15, -0.1) is 0 Å². The van der Waals surface area contributed by atoms with Crippen molar-refractivity contribution in [1.82, 2.24) is 0 Å². The van der Waals surface area contributed by atoms with E-state index in [0.717, 1.165) is 18.4 Å². The minimum Gasteiger partial charge on any atom is -0.458 e. The van der Waals surface area contributed by atoms with E-state index in [1.807, 2.05) is 19.9 Å². The van der Waals surface area contributed by atoms with Crippen LogP contribution in [0.3, 0.4) is 0 Å². The van der Waals surface area contributed by atoms with Crippen LogP contribution >= 0.6 is 0 Å². The number of hydrogen-bond acceptors (Lipinski definition) is 4. The molecule has 21 heavy (non-hydrogen) atoms. The highest BCUT2D eigenvalue weighted by Gasteiger charge is 2.39. The first kappa shape index (κ1) is 15.5. The summed E-state index contributed by atoms with van der Waals surface area (Å²) >= 11 is 0. The van der Waals surface area contributed by atoms with Crippen molar-refractivity contribution in [2.75, 3.05) is 0 Å². The zero-order valence-corrected chi connectivity index (χ0v) is 12.8. The molecular formula is C17H22O4. The molecule has 0 amide bonds. The van der Waals surface area contributed by atoms with Crippen LogP contribution in [0.4, 0.5) is 0 Å². The number of carbonyl (C=O) groups excluding carboxylic acids is 2. The van der Waals surface area contributed by atoms with Crippen molar-refractivity contribution in [1.29, 1.82) is 0 Å². The lowest BCUT2D eigenvalue weighted by atomic mass is 9.86. The fourth-order valence-electron chi connectivity index (χ4n) is 2.84. The Morgan fingerprint density at radius 3 is 2.81 bits per heavy atom. The van der Waals surface area contributed by atoms with Crippen molar-refractivity contribution in [3.8, 4) is 0 Å². The predicted molar refractivity (Wildman–Crippen MR) is 79.4 cm³/mol. The maximum absolute atomic E-state index is 11.8. The Bertz CT molecular complexity index is 527. The van der Waals surface area contributed by atoms with E-state index >= 15 is 0 Å². The smallest absolute Gasteiger partial charge is 0.334 e. The number of allylic oxidation sites excluding steroid dienone is 2. The van der Waals surface area contributed by atoms with Crippen LogP contribution in [-0.2, 0) is 19.1 Å². The second-order valence-electron chi connectivity index (χ2n) is 5.84. The van der Waals surface area contributed by atoms with Gasteiger partial charge in [0, 0.05) is 18.4 Å². The Kier molecular flexibility index (Phi) is 4.66. The molecular weight excluding hydrogens is 268 g/mol. The standard InChI is InChI=1S/C17H22O4/c1-10-6-5-7-11(2)15(20-13(4)18)9-14-12(3)17(19)21-16(14)8-10/h7-8,14-16H,3,5-6,9H2,1-2,4H3/b10-8-,11-7-/t14-,15-,16?/m0/s1. The third kappa shape index (κ3) is 3.63. The summed E-state index contributed by atoms with van der Waals surface area (Å²) in [6.07, 6.45) is 5.80. The topological polar surface area (TPSA) is 52.6 Å². The summed E-state index contributed by atoms with van der Waals surface area (Å²) < 4.78 is 10.8. The van der Waals surface area contributed by atoms with E-state index in [-0.39, 0.29) is 30.1 Å². The molecule has 1 fully saturated rings. The molecule has 0 N–H and O–H groups in total. The van der Waals surface area contributed by atoms with Gasteiger partial charge in [0.1, 0.15) is 12.2 Å². The summed E-state index contributed by atoms with van der Waals surface area (Å²) in [6, 6.07) is 0. The highest BCUT2D eigenvalue weighted by Crippen LogP contribution is 2.35. The average Bonchev–Trinajstić information content (AvgIpc) is 2.64. The largest absolute Gasteiger partial charge is 0.458 e. The van der Waals surface area contributed by atoms with Gasteiger partial charge in [-0.1, -0.05) is 18.2 Å². The Labute approximate surface area is 125 Å². The van der Waals surface area contributed by atoms with E-state index in [0.29, 0.717) is 12.0 Å². The van der Waals surface area contributed by atoms with Crippen LogP contribution < -0.4 is 0 Å². The molecule has 0 aromatic carbocycles. The summed E-state index contributed by atoms with van der Waals surface area (Å²) in [5.41, 5.74) is 2.68. The van der Waals surface area contributed by atoms with Gasteiger partial charge in [0.05, 0.1) is 0 Å². The molecule has 1 heterocycles. The Morgan fingerprint density at radius 1 is 1.43 bits per heavy atom. The van der Waals surface area contributed by atoms with Gasteiger partial charge < -0.3 is 9.47 Å². The highest BCUT2D eigenvalue weighted by atomic mass is 16.6. The Hall–Kier alpha value is -1.84. The van der Waals surface area contributed by atoms with Crippen LogP contribution in [0.15, 0.2) is 35.5 Å². The molecule has 4 heteroatoms. The first-order valence-electron chi connectivity index (χ1n) is 7.29. The molecule has 1 saturated heterocycles. The summed E-state index contributed by atoms with van der Waals surface area (Å²) in [5.74, 6) is -0.807. The SMILES string of the molecule is C=C1C(=O)OC2/C=C(/C)CC/C=C(/C)[C@@H](OC(C)=O)C[C@@H]12. The van der Waals surface area contributed by atoms with Gasteiger partial charge >= 0.3 is 11.9 Å². The van der Waals surface area contributed by atoms with Gasteiger partial charge in [-0.25, -0.2) is 4.79 Å². The second kappa shape index (κ2) is 6.29. The second-order valence-corrected chi connectivity index (χ2v) is 5.84. The van der Waals surface area contributed by atoms with Crippen molar-refractivity contribution in [3.05, 3.63) is 35.5 Å². The molecule has 4 nitrogen and oxygen atoms in total. The van der Waals surface area contributed by atoms with Gasteiger partial charge in [-0.2, -0.15) is 0 Å². The Balaban J connectivity index is 2.31. The van der Waals surface area contributed by atoms with Crippen LogP contribution in [0, 0.1) is 5.92 Å². The normalized spacial score (nSPS) is 34.9. The summed E-state index contributed by atoms with van der Waals surface area (Å²) in [7, 11) is 0. The highest BCUT2D eigenvalue weighted by molar-refractivity contribution is 5.91. The van der Waals surface area contributed by atoms with Crippen molar-refractivity contribution >= 4 is 11.9 Å². The average molecular weight is 290 g/mol. The molecule has 1 unspecified atom stereocenters. The maximum Gasteiger partial charge on any atom is 0.334 e. The van der Waals surface area contributed by atoms with E-state index in [4.69, 9.17) is 9.47 Å². The minimum absolute atomic E-state index is 0.141. The molecule has 1 aliphatic heterocycles.